The molecule has 0 radical (unpaired) electrons. The van der Waals surface area contributed by atoms with Gasteiger partial charge in [-0.1, -0.05) is 0 Å². The second-order valence-corrected chi connectivity index (χ2v) is 4.32. The highest BCUT2D eigenvalue weighted by molar-refractivity contribution is 7.80. The molecule has 0 aliphatic rings. The van der Waals surface area contributed by atoms with Gasteiger partial charge in [0.25, 0.3) is 0 Å². The lowest BCUT2D eigenvalue weighted by atomic mass is 10.1. The van der Waals surface area contributed by atoms with Gasteiger partial charge in [-0.2, -0.15) is 17.7 Å². The summed E-state index contributed by atoms with van der Waals surface area (Å²) < 4.78 is 1.76. The first kappa shape index (κ1) is 12.5. The van der Waals surface area contributed by atoms with Gasteiger partial charge in [-0.25, -0.2) is 0 Å². The van der Waals surface area contributed by atoms with Gasteiger partial charge in [0.2, 0.25) is 0 Å². The van der Waals surface area contributed by atoms with Crippen molar-refractivity contribution < 1.29 is 10.2 Å². The Hall–Kier alpha value is -0.520. The van der Waals surface area contributed by atoms with Crippen LogP contribution in [0.4, 0.5) is 0 Å². The summed E-state index contributed by atoms with van der Waals surface area (Å²) in [5.41, 5.74) is 0.651. The zero-order valence-electron chi connectivity index (χ0n) is 9.04. The van der Waals surface area contributed by atoms with Crippen LogP contribution >= 0.6 is 12.6 Å². The number of hydrogen-bond donors (Lipinski definition) is 3. The zero-order chi connectivity index (χ0) is 11.4. The molecule has 1 aromatic rings. The second-order valence-electron chi connectivity index (χ2n) is 3.87. The molecule has 0 saturated carbocycles. The minimum Gasteiger partial charge on any atom is -0.390 e. The summed E-state index contributed by atoms with van der Waals surface area (Å²) in [4.78, 5) is 0. The highest BCUT2D eigenvalue weighted by atomic mass is 32.1. The van der Waals surface area contributed by atoms with E-state index in [0.717, 1.165) is 0 Å². The molecule has 86 valence electrons. The second kappa shape index (κ2) is 5.53. The molecule has 0 aliphatic heterocycles. The molecule has 5 heteroatoms. The molecule has 1 rings (SSSR count). The number of aromatic nitrogens is 2. The van der Waals surface area contributed by atoms with Crippen molar-refractivity contribution in [2.45, 2.75) is 38.5 Å². The third kappa shape index (κ3) is 3.22. The summed E-state index contributed by atoms with van der Waals surface area (Å²) in [5.74, 6) is 0.552. The SMILES string of the molecule is CC(C)n1cc(C(O)C(O)CCS)cn1. The first-order valence-electron chi connectivity index (χ1n) is 5.07. The van der Waals surface area contributed by atoms with Crippen LogP contribution in [0.5, 0.6) is 0 Å². The first-order chi connectivity index (χ1) is 7.06. The quantitative estimate of drug-likeness (QED) is 0.666. The number of aliphatic hydroxyl groups is 2. The topological polar surface area (TPSA) is 58.3 Å². The van der Waals surface area contributed by atoms with E-state index in [9.17, 15) is 10.2 Å². The number of thiol groups is 1. The molecule has 0 saturated heterocycles. The van der Waals surface area contributed by atoms with Crippen molar-refractivity contribution in [1.29, 1.82) is 0 Å². The Labute approximate surface area is 95.3 Å². The maximum atomic E-state index is 9.78. The van der Waals surface area contributed by atoms with E-state index in [-0.39, 0.29) is 6.04 Å². The average Bonchev–Trinajstić information content (AvgIpc) is 2.65. The highest BCUT2D eigenvalue weighted by Gasteiger charge is 2.19. The summed E-state index contributed by atoms with van der Waals surface area (Å²) >= 11 is 4.01. The monoisotopic (exact) mass is 230 g/mol. The Balaban J connectivity index is 2.69. The number of rotatable bonds is 5. The van der Waals surface area contributed by atoms with Crippen LogP contribution in [-0.4, -0.2) is 31.9 Å². The van der Waals surface area contributed by atoms with Gasteiger partial charge in [0, 0.05) is 17.8 Å². The standard InChI is InChI=1S/C10H18N2O2S/c1-7(2)12-6-8(5-11-12)10(14)9(13)3-4-15/h5-7,9-10,13-15H,3-4H2,1-2H3. The predicted octanol–water partition coefficient (Wildman–Crippen LogP) is 1.18. The fraction of sp³-hybridized carbons (Fsp3) is 0.700. The molecule has 0 amide bonds. The Bertz CT molecular complexity index is 301. The van der Waals surface area contributed by atoms with Crippen molar-refractivity contribution in [3.63, 3.8) is 0 Å². The van der Waals surface area contributed by atoms with Crippen LogP contribution < -0.4 is 0 Å². The van der Waals surface area contributed by atoms with Gasteiger partial charge in [0.1, 0.15) is 6.10 Å². The normalized spacial score (nSPS) is 15.6. The lowest BCUT2D eigenvalue weighted by Crippen LogP contribution is -2.18. The van der Waals surface area contributed by atoms with Crippen LogP contribution in [0.15, 0.2) is 12.4 Å². The molecule has 2 atom stereocenters. The summed E-state index contributed by atoms with van der Waals surface area (Å²) in [5, 5.41) is 23.5. The molecule has 2 N–H and O–H groups in total. The molecular formula is C10H18N2O2S. The largest absolute Gasteiger partial charge is 0.390 e. The van der Waals surface area contributed by atoms with Crippen LogP contribution in [0, 0.1) is 0 Å². The lowest BCUT2D eigenvalue weighted by molar-refractivity contribution is 0.0172. The van der Waals surface area contributed by atoms with E-state index >= 15 is 0 Å². The van der Waals surface area contributed by atoms with Crippen LogP contribution in [-0.2, 0) is 0 Å². The van der Waals surface area contributed by atoms with E-state index in [1.807, 2.05) is 13.8 Å². The minimum atomic E-state index is -0.871. The third-order valence-electron chi connectivity index (χ3n) is 2.28. The number of hydrogen-bond acceptors (Lipinski definition) is 4. The van der Waals surface area contributed by atoms with Crippen molar-refractivity contribution in [1.82, 2.24) is 9.78 Å². The van der Waals surface area contributed by atoms with Crippen LogP contribution in [0.25, 0.3) is 0 Å². The molecule has 1 aromatic heterocycles. The van der Waals surface area contributed by atoms with E-state index < -0.39 is 12.2 Å². The summed E-state index contributed by atoms with van der Waals surface area (Å²) in [6, 6.07) is 0.257. The molecule has 0 aliphatic carbocycles. The van der Waals surface area contributed by atoms with Gasteiger partial charge in [-0.15, -0.1) is 0 Å². The Kier molecular flexibility index (Phi) is 4.63. The maximum Gasteiger partial charge on any atom is 0.108 e. The van der Waals surface area contributed by atoms with Crippen molar-refractivity contribution in [3.8, 4) is 0 Å². The molecule has 0 aromatic carbocycles. The molecule has 0 spiro atoms. The fourth-order valence-corrected chi connectivity index (χ4v) is 1.56. The van der Waals surface area contributed by atoms with E-state index in [2.05, 4.69) is 17.7 Å². The van der Waals surface area contributed by atoms with E-state index in [1.54, 1.807) is 17.1 Å². The molecule has 4 nitrogen and oxygen atoms in total. The summed E-state index contributed by atoms with van der Waals surface area (Å²) in [6.07, 6.45) is 2.18. The smallest absolute Gasteiger partial charge is 0.108 e. The number of aliphatic hydroxyl groups excluding tert-OH is 2. The van der Waals surface area contributed by atoms with Crippen molar-refractivity contribution >= 4 is 12.6 Å². The maximum absolute atomic E-state index is 9.78. The van der Waals surface area contributed by atoms with Crippen molar-refractivity contribution in [2.24, 2.45) is 0 Å². The van der Waals surface area contributed by atoms with Gasteiger partial charge in [-0.05, 0) is 26.0 Å². The van der Waals surface area contributed by atoms with E-state index in [1.165, 1.54) is 0 Å². The number of nitrogens with zero attached hydrogens (tertiary/aromatic N) is 2. The van der Waals surface area contributed by atoms with Crippen LogP contribution in [0.2, 0.25) is 0 Å². The fourth-order valence-electron chi connectivity index (χ4n) is 1.30. The van der Waals surface area contributed by atoms with Crippen molar-refractivity contribution in [3.05, 3.63) is 18.0 Å². The molecule has 15 heavy (non-hydrogen) atoms. The van der Waals surface area contributed by atoms with Crippen LogP contribution in [0.3, 0.4) is 0 Å². The Morgan fingerprint density at radius 2 is 2.13 bits per heavy atom. The van der Waals surface area contributed by atoms with Gasteiger partial charge in [0.05, 0.1) is 12.3 Å². The Morgan fingerprint density at radius 3 is 2.60 bits per heavy atom. The van der Waals surface area contributed by atoms with Gasteiger partial charge < -0.3 is 10.2 Å². The van der Waals surface area contributed by atoms with Gasteiger partial charge >= 0.3 is 0 Å². The molecular weight excluding hydrogens is 212 g/mol. The van der Waals surface area contributed by atoms with Crippen molar-refractivity contribution in [2.75, 3.05) is 5.75 Å². The predicted molar refractivity (Wildman–Crippen MR) is 62.0 cm³/mol. The van der Waals surface area contributed by atoms with Gasteiger partial charge in [-0.3, -0.25) is 4.68 Å². The van der Waals surface area contributed by atoms with E-state index in [4.69, 9.17) is 0 Å². The molecule has 2 unspecified atom stereocenters. The summed E-state index contributed by atoms with van der Waals surface area (Å²) in [6.45, 7) is 4.01. The minimum absolute atomic E-state index is 0.257. The highest BCUT2D eigenvalue weighted by Crippen LogP contribution is 2.19. The lowest BCUT2D eigenvalue weighted by Gasteiger charge is -2.15. The molecule has 1 heterocycles. The van der Waals surface area contributed by atoms with Gasteiger partial charge in [0.15, 0.2) is 0 Å². The summed E-state index contributed by atoms with van der Waals surface area (Å²) in [7, 11) is 0. The third-order valence-corrected chi connectivity index (χ3v) is 2.54. The zero-order valence-corrected chi connectivity index (χ0v) is 9.93. The Morgan fingerprint density at radius 1 is 1.47 bits per heavy atom. The van der Waals surface area contributed by atoms with E-state index in [0.29, 0.717) is 17.7 Å². The average molecular weight is 230 g/mol. The van der Waals surface area contributed by atoms with Crippen LogP contribution in [0.1, 0.15) is 38.0 Å². The first-order valence-corrected chi connectivity index (χ1v) is 5.70. The molecule has 0 bridgehead atoms. The molecule has 0 fully saturated rings.